The highest BCUT2D eigenvalue weighted by atomic mass is 32.1. The SMILES string of the molecule is CC(C)c1cccc2sc(N(Cc3ccco3)C(=O)c3cccc(F)c3)nc12. The first-order valence-electron chi connectivity index (χ1n) is 9.02. The number of aromatic nitrogens is 1. The van der Waals surface area contributed by atoms with Gasteiger partial charge in [-0.2, -0.15) is 0 Å². The van der Waals surface area contributed by atoms with Crippen LogP contribution in [-0.4, -0.2) is 10.9 Å². The first-order valence-corrected chi connectivity index (χ1v) is 9.84. The lowest BCUT2D eigenvalue weighted by Crippen LogP contribution is -2.30. The minimum absolute atomic E-state index is 0.221. The summed E-state index contributed by atoms with van der Waals surface area (Å²) in [5.41, 5.74) is 2.31. The molecule has 2 aromatic heterocycles. The Hall–Kier alpha value is -2.99. The van der Waals surface area contributed by atoms with Crippen molar-refractivity contribution in [3.8, 4) is 0 Å². The van der Waals surface area contributed by atoms with Crippen molar-refractivity contribution in [1.82, 2.24) is 4.98 Å². The summed E-state index contributed by atoms with van der Waals surface area (Å²) in [6, 6.07) is 15.3. The Bertz CT molecular complexity index is 1120. The number of nitrogens with zero attached hydrogens (tertiary/aromatic N) is 2. The average Bonchev–Trinajstić information content (AvgIpc) is 3.34. The summed E-state index contributed by atoms with van der Waals surface area (Å²) >= 11 is 1.44. The van der Waals surface area contributed by atoms with E-state index in [1.54, 1.807) is 29.4 Å². The maximum absolute atomic E-state index is 13.7. The van der Waals surface area contributed by atoms with Gasteiger partial charge in [-0.15, -0.1) is 0 Å². The van der Waals surface area contributed by atoms with Gasteiger partial charge in [0.15, 0.2) is 5.13 Å². The van der Waals surface area contributed by atoms with Crippen LogP contribution in [0.1, 0.15) is 41.4 Å². The third kappa shape index (κ3) is 3.55. The topological polar surface area (TPSA) is 46.3 Å². The summed E-state index contributed by atoms with van der Waals surface area (Å²) in [6.45, 7) is 4.46. The molecule has 2 aromatic carbocycles. The van der Waals surface area contributed by atoms with Crippen LogP contribution >= 0.6 is 11.3 Å². The molecule has 2 heterocycles. The Kier molecular flexibility index (Phi) is 4.96. The molecule has 4 rings (SSSR count). The number of fused-ring (bicyclic) bond motifs is 1. The number of carbonyl (C=O) groups is 1. The van der Waals surface area contributed by atoms with E-state index in [9.17, 15) is 9.18 Å². The molecule has 0 unspecified atom stereocenters. The van der Waals surface area contributed by atoms with Crippen molar-refractivity contribution >= 4 is 32.6 Å². The number of hydrogen-bond donors (Lipinski definition) is 0. The zero-order valence-corrected chi connectivity index (χ0v) is 16.4. The third-order valence-electron chi connectivity index (χ3n) is 4.50. The number of thiazole rings is 1. The van der Waals surface area contributed by atoms with Gasteiger partial charge in [0, 0.05) is 5.56 Å². The van der Waals surface area contributed by atoms with Crippen molar-refractivity contribution < 1.29 is 13.6 Å². The van der Waals surface area contributed by atoms with Crippen LogP contribution in [0.15, 0.2) is 65.3 Å². The second kappa shape index (κ2) is 7.56. The molecule has 4 aromatic rings. The van der Waals surface area contributed by atoms with E-state index in [4.69, 9.17) is 9.40 Å². The molecule has 4 nitrogen and oxygen atoms in total. The summed E-state index contributed by atoms with van der Waals surface area (Å²) in [6.07, 6.45) is 1.56. The van der Waals surface area contributed by atoms with Crippen molar-refractivity contribution in [2.24, 2.45) is 0 Å². The van der Waals surface area contributed by atoms with Gasteiger partial charge in [-0.05, 0) is 47.9 Å². The largest absolute Gasteiger partial charge is 0.467 e. The van der Waals surface area contributed by atoms with Crippen molar-refractivity contribution in [3.05, 3.63) is 83.6 Å². The number of benzene rings is 2. The molecular weight excluding hydrogens is 375 g/mol. The van der Waals surface area contributed by atoms with Crippen LogP contribution in [0.3, 0.4) is 0 Å². The lowest BCUT2D eigenvalue weighted by atomic mass is 10.0. The Morgan fingerprint density at radius 2 is 2.00 bits per heavy atom. The lowest BCUT2D eigenvalue weighted by Gasteiger charge is -2.18. The van der Waals surface area contributed by atoms with Gasteiger partial charge in [0.1, 0.15) is 11.6 Å². The van der Waals surface area contributed by atoms with Crippen LogP contribution in [0.5, 0.6) is 0 Å². The molecule has 0 bridgehead atoms. The van der Waals surface area contributed by atoms with Crippen LogP contribution in [0.25, 0.3) is 10.2 Å². The van der Waals surface area contributed by atoms with Crippen LogP contribution in [0.4, 0.5) is 9.52 Å². The highest BCUT2D eigenvalue weighted by Gasteiger charge is 2.24. The van der Waals surface area contributed by atoms with Crippen LogP contribution in [0.2, 0.25) is 0 Å². The predicted octanol–water partition coefficient (Wildman–Crippen LogP) is 6.00. The summed E-state index contributed by atoms with van der Waals surface area (Å²) in [4.78, 5) is 19.5. The van der Waals surface area contributed by atoms with E-state index in [0.717, 1.165) is 15.8 Å². The zero-order valence-electron chi connectivity index (χ0n) is 15.6. The highest BCUT2D eigenvalue weighted by Crippen LogP contribution is 2.34. The molecule has 0 aliphatic heterocycles. The van der Waals surface area contributed by atoms with Crippen molar-refractivity contribution in [2.45, 2.75) is 26.3 Å². The molecule has 0 spiro atoms. The van der Waals surface area contributed by atoms with Gasteiger partial charge in [0.05, 0.1) is 23.0 Å². The van der Waals surface area contributed by atoms with Gasteiger partial charge in [-0.3, -0.25) is 9.69 Å². The number of rotatable bonds is 5. The van der Waals surface area contributed by atoms with Gasteiger partial charge >= 0.3 is 0 Å². The van der Waals surface area contributed by atoms with Crippen LogP contribution in [-0.2, 0) is 6.54 Å². The lowest BCUT2D eigenvalue weighted by molar-refractivity contribution is 0.0983. The maximum Gasteiger partial charge on any atom is 0.260 e. The monoisotopic (exact) mass is 394 g/mol. The third-order valence-corrected chi connectivity index (χ3v) is 5.55. The van der Waals surface area contributed by atoms with Crippen LogP contribution < -0.4 is 4.90 Å². The summed E-state index contributed by atoms with van der Waals surface area (Å²) in [5, 5.41) is 0.564. The molecule has 0 saturated carbocycles. The fourth-order valence-electron chi connectivity index (χ4n) is 3.10. The molecule has 0 fully saturated rings. The Morgan fingerprint density at radius 3 is 2.71 bits per heavy atom. The molecule has 0 radical (unpaired) electrons. The van der Waals surface area contributed by atoms with E-state index in [-0.39, 0.29) is 18.0 Å². The van der Waals surface area contributed by atoms with Gasteiger partial charge in [-0.1, -0.05) is 43.4 Å². The van der Waals surface area contributed by atoms with E-state index in [1.807, 2.05) is 12.1 Å². The van der Waals surface area contributed by atoms with Gasteiger partial charge in [-0.25, -0.2) is 9.37 Å². The molecule has 28 heavy (non-hydrogen) atoms. The molecule has 0 saturated heterocycles. The number of amides is 1. The molecule has 0 atom stereocenters. The highest BCUT2D eigenvalue weighted by molar-refractivity contribution is 7.22. The second-order valence-corrected chi connectivity index (χ2v) is 7.84. The Balaban J connectivity index is 1.80. The first-order chi connectivity index (χ1) is 13.5. The second-order valence-electron chi connectivity index (χ2n) is 6.83. The minimum Gasteiger partial charge on any atom is -0.467 e. The zero-order chi connectivity index (χ0) is 19.7. The predicted molar refractivity (Wildman–Crippen MR) is 109 cm³/mol. The van der Waals surface area contributed by atoms with Crippen LogP contribution in [0, 0.1) is 5.82 Å². The first kappa shape index (κ1) is 18.4. The molecule has 0 N–H and O–H groups in total. The molecule has 0 aliphatic rings. The Labute approximate surface area is 166 Å². The number of hydrogen-bond acceptors (Lipinski definition) is 4. The standard InChI is InChI=1S/C22H19FN2O2S/c1-14(2)18-9-4-10-19-20(18)24-22(28-19)25(13-17-8-5-11-27-17)21(26)15-6-3-7-16(23)12-15/h3-12,14H,13H2,1-2H3. The molecule has 142 valence electrons. The fourth-order valence-corrected chi connectivity index (χ4v) is 4.10. The fraction of sp³-hybridized carbons (Fsp3) is 0.182. The normalized spacial score (nSPS) is 11.3. The smallest absolute Gasteiger partial charge is 0.260 e. The molecular formula is C22H19FN2O2S. The number of anilines is 1. The summed E-state index contributed by atoms with van der Waals surface area (Å²) in [5.74, 6) is 0.181. The van der Waals surface area contributed by atoms with Gasteiger partial charge in [0.2, 0.25) is 0 Å². The van der Waals surface area contributed by atoms with E-state index in [2.05, 4.69) is 19.9 Å². The quantitative estimate of drug-likeness (QED) is 0.417. The Morgan fingerprint density at radius 1 is 1.18 bits per heavy atom. The van der Waals surface area contributed by atoms with Gasteiger partial charge in [0.25, 0.3) is 5.91 Å². The number of para-hydroxylation sites is 1. The maximum atomic E-state index is 13.7. The summed E-state index contributed by atoms with van der Waals surface area (Å²) in [7, 11) is 0. The van der Waals surface area contributed by atoms with Crippen molar-refractivity contribution in [3.63, 3.8) is 0 Å². The number of halogens is 1. The summed E-state index contributed by atoms with van der Waals surface area (Å²) < 4.78 is 20.1. The molecule has 6 heteroatoms. The van der Waals surface area contributed by atoms with E-state index in [0.29, 0.717) is 16.8 Å². The van der Waals surface area contributed by atoms with Gasteiger partial charge < -0.3 is 4.42 Å². The van der Waals surface area contributed by atoms with Crippen molar-refractivity contribution in [1.29, 1.82) is 0 Å². The van der Waals surface area contributed by atoms with E-state index < -0.39 is 5.82 Å². The average molecular weight is 394 g/mol. The molecule has 1 amide bonds. The van der Waals surface area contributed by atoms with E-state index >= 15 is 0 Å². The van der Waals surface area contributed by atoms with Crippen molar-refractivity contribution in [2.75, 3.05) is 4.90 Å². The number of furan rings is 1. The molecule has 0 aliphatic carbocycles. The minimum atomic E-state index is -0.449. The number of carbonyl (C=O) groups excluding carboxylic acids is 1. The van der Waals surface area contributed by atoms with E-state index in [1.165, 1.54) is 29.5 Å².